The van der Waals surface area contributed by atoms with E-state index in [0.717, 1.165) is 30.4 Å². The van der Waals surface area contributed by atoms with Crippen molar-refractivity contribution in [2.45, 2.75) is 19.1 Å². The highest BCUT2D eigenvalue weighted by molar-refractivity contribution is 5.81. The normalized spacial score (nSPS) is 19.9. The second-order valence-electron chi connectivity index (χ2n) is 4.06. The summed E-state index contributed by atoms with van der Waals surface area (Å²) in [5.74, 6) is 0. The largest absolute Gasteiger partial charge is 0.356 e. The first kappa shape index (κ1) is 10.2. The lowest BCUT2D eigenvalue weighted by Gasteiger charge is -2.10. The molecule has 0 bridgehead atoms. The lowest BCUT2D eigenvalue weighted by atomic mass is 10.2. The lowest BCUT2D eigenvalue weighted by Crippen LogP contribution is -2.08. The Balaban J connectivity index is 2.07. The van der Waals surface area contributed by atoms with Crippen molar-refractivity contribution < 1.29 is 9.66 Å². The van der Waals surface area contributed by atoms with Crippen molar-refractivity contribution in [3.05, 3.63) is 34.5 Å². The molecular formula is C11H11N3O3. The van der Waals surface area contributed by atoms with E-state index < -0.39 is 4.92 Å². The van der Waals surface area contributed by atoms with E-state index in [0.29, 0.717) is 0 Å². The molecule has 2 aromatic rings. The summed E-state index contributed by atoms with van der Waals surface area (Å²) >= 11 is 0. The van der Waals surface area contributed by atoms with Crippen molar-refractivity contribution in [1.82, 2.24) is 9.78 Å². The van der Waals surface area contributed by atoms with Crippen LogP contribution in [0.3, 0.4) is 0 Å². The fraction of sp³-hybridized carbons (Fsp3) is 0.364. The quantitative estimate of drug-likeness (QED) is 0.589. The number of non-ortho nitro benzene ring substituents is 1. The van der Waals surface area contributed by atoms with E-state index in [9.17, 15) is 10.1 Å². The van der Waals surface area contributed by atoms with Crippen LogP contribution in [-0.2, 0) is 4.74 Å². The Labute approximate surface area is 96.9 Å². The third kappa shape index (κ3) is 1.66. The van der Waals surface area contributed by atoms with Gasteiger partial charge in [-0.25, -0.2) is 4.68 Å². The molecule has 0 amide bonds. The average Bonchev–Trinajstić information content (AvgIpc) is 2.96. The van der Waals surface area contributed by atoms with Gasteiger partial charge in [0.05, 0.1) is 16.6 Å². The van der Waals surface area contributed by atoms with Crippen molar-refractivity contribution in [1.29, 1.82) is 0 Å². The van der Waals surface area contributed by atoms with Crippen molar-refractivity contribution in [2.75, 3.05) is 6.61 Å². The van der Waals surface area contributed by atoms with Crippen molar-refractivity contribution in [3.8, 4) is 0 Å². The molecule has 1 aliphatic rings. The number of rotatable bonds is 2. The third-order valence-electron chi connectivity index (χ3n) is 2.97. The van der Waals surface area contributed by atoms with Crippen LogP contribution in [0.15, 0.2) is 24.4 Å². The topological polar surface area (TPSA) is 70.2 Å². The van der Waals surface area contributed by atoms with Gasteiger partial charge in [-0.15, -0.1) is 0 Å². The maximum atomic E-state index is 10.7. The molecular weight excluding hydrogens is 222 g/mol. The second-order valence-corrected chi connectivity index (χ2v) is 4.06. The lowest BCUT2D eigenvalue weighted by molar-refractivity contribution is -0.384. The molecule has 1 aromatic carbocycles. The molecule has 6 nitrogen and oxygen atoms in total. The number of nitro groups is 1. The van der Waals surface area contributed by atoms with Gasteiger partial charge in [0.15, 0.2) is 6.23 Å². The summed E-state index contributed by atoms with van der Waals surface area (Å²) < 4.78 is 7.35. The molecule has 0 spiro atoms. The van der Waals surface area contributed by atoms with E-state index in [1.165, 1.54) is 12.1 Å². The summed E-state index contributed by atoms with van der Waals surface area (Å²) in [4.78, 5) is 10.3. The Morgan fingerprint density at radius 2 is 2.41 bits per heavy atom. The zero-order chi connectivity index (χ0) is 11.8. The van der Waals surface area contributed by atoms with Crippen LogP contribution in [0.25, 0.3) is 10.9 Å². The number of hydrogen-bond donors (Lipinski definition) is 0. The highest BCUT2D eigenvalue weighted by Gasteiger charge is 2.20. The van der Waals surface area contributed by atoms with E-state index in [1.807, 2.05) is 0 Å². The number of nitro benzene ring substituents is 1. The molecule has 1 atom stereocenters. The van der Waals surface area contributed by atoms with Gasteiger partial charge in [0.2, 0.25) is 0 Å². The summed E-state index contributed by atoms with van der Waals surface area (Å²) in [6.45, 7) is 0.749. The van der Waals surface area contributed by atoms with Crippen molar-refractivity contribution >= 4 is 16.6 Å². The van der Waals surface area contributed by atoms with Gasteiger partial charge in [0.1, 0.15) is 0 Å². The molecule has 1 unspecified atom stereocenters. The van der Waals surface area contributed by atoms with E-state index in [4.69, 9.17) is 4.74 Å². The zero-order valence-electron chi connectivity index (χ0n) is 9.07. The summed E-state index contributed by atoms with van der Waals surface area (Å²) in [7, 11) is 0. The standard InChI is InChI=1S/C11H11N3O3/c15-14(16)9-3-4-10-8(6-9)7-12-13(10)11-2-1-5-17-11/h3-4,6-7,11H,1-2,5H2. The zero-order valence-corrected chi connectivity index (χ0v) is 9.07. The van der Waals surface area contributed by atoms with Gasteiger partial charge in [-0.3, -0.25) is 10.1 Å². The van der Waals surface area contributed by atoms with Gasteiger partial charge in [0.25, 0.3) is 5.69 Å². The maximum Gasteiger partial charge on any atom is 0.270 e. The predicted molar refractivity (Wildman–Crippen MR) is 60.6 cm³/mol. The van der Waals surface area contributed by atoms with Crippen LogP contribution in [0.4, 0.5) is 5.69 Å². The van der Waals surface area contributed by atoms with E-state index >= 15 is 0 Å². The Morgan fingerprint density at radius 3 is 3.12 bits per heavy atom. The third-order valence-corrected chi connectivity index (χ3v) is 2.97. The van der Waals surface area contributed by atoms with E-state index in [-0.39, 0.29) is 11.9 Å². The van der Waals surface area contributed by atoms with Crippen LogP contribution in [0, 0.1) is 10.1 Å². The number of hydrogen-bond acceptors (Lipinski definition) is 4. The molecule has 1 aliphatic heterocycles. The second kappa shape index (κ2) is 3.81. The minimum absolute atomic E-state index is 0.0334. The molecule has 2 heterocycles. The van der Waals surface area contributed by atoms with Gasteiger partial charge in [-0.05, 0) is 18.9 Å². The van der Waals surface area contributed by atoms with Crippen molar-refractivity contribution in [2.24, 2.45) is 0 Å². The Bertz CT molecular complexity index is 572. The molecule has 0 aliphatic carbocycles. The first-order valence-electron chi connectivity index (χ1n) is 5.49. The molecule has 1 fully saturated rings. The van der Waals surface area contributed by atoms with Crippen LogP contribution in [0.1, 0.15) is 19.1 Å². The van der Waals surface area contributed by atoms with Crippen LogP contribution in [0.2, 0.25) is 0 Å². The van der Waals surface area contributed by atoms with Gasteiger partial charge in [0, 0.05) is 24.1 Å². The number of fused-ring (bicyclic) bond motifs is 1. The first-order valence-corrected chi connectivity index (χ1v) is 5.49. The van der Waals surface area contributed by atoms with Gasteiger partial charge < -0.3 is 4.74 Å². The highest BCUT2D eigenvalue weighted by Crippen LogP contribution is 2.28. The van der Waals surface area contributed by atoms with Gasteiger partial charge in [-0.2, -0.15) is 5.10 Å². The van der Waals surface area contributed by atoms with Gasteiger partial charge >= 0.3 is 0 Å². The summed E-state index contributed by atoms with van der Waals surface area (Å²) in [5, 5.41) is 15.7. The first-order chi connectivity index (χ1) is 8.25. The minimum Gasteiger partial charge on any atom is -0.356 e. The van der Waals surface area contributed by atoms with Crippen LogP contribution in [0.5, 0.6) is 0 Å². The SMILES string of the molecule is O=[N+]([O-])c1ccc2c(cnn2C2CCCO2)c1. The molecule has 0 N–H and O–H groups in total. The summed E-state index contributed by atoms with van der Waals surface area (Å²) in [5.41, 5.74) is 0.965. The van der Waals surface area contributed by atoms with E-state index in [1.54, 1.807) is 16.9 Å². The smallest absolute Gasteiger partial charge is 0.270 e. The summed E-state index contributed by atoms with van der Waals surface area (Å²) in [6.07, 6.45) is 3.57. The Hall–Kier alpha value is -1.95. The average molecular weight is 233 g/mol. The van der Waals surface area contributed by atoms with Gasteiger partial charge in [-0.1, -0.05) is 0 Å². The number of nitrogens with zero attached hydrogens (tertiary/aromatic N) is 3. The molecule has 0 saturated carbocycles. The maximum absolute atomic E-state index is 10.7. The summed E-state index contributed by atoms with van der Waals surface area (Å²) in [6, 6.07) is 4.76. The van der Waals surface area contributed by atoms with E-state index in [2.05, 4.69) is 5.10 Å². The molecule has 1 aromatic heterocycles. The van der Waals surface area contributed by atoms with Crippen LogP contribution >= 0.6 is 0 Å². The highest BCUT2D eigenvalue weighted by atomic mass is 16.6. The molecule has 17 heavy (non-hydrogen) atoms. The number of benzene rings is 1. The monoisotopic (exact) mass is 233 g/mol. The molecule has 0 radical (unpaired) electrons. The predicted octanol–water partition coefficient (Wildman–Crippen LogP) is 2.25. The number of ether oxygens (including phenoxy) is 1. The van der Waals surface area contributed by atoms with Crippen molar-refractivity contribution in [3.63, 3.8) is 0 Å². The Morgan fingerprint density at radius 1 is 1.53 bits per heavy atom. The molecule has 88 valence electrons. The fourth-order valence-corrected chi connectivity index (χ4v) is 2.14. The Kier molecular flexibility index (Phi) is 2.29. The fourth-order valence-electron chi connectivity index (χ4n) is 2.14. The number of aromatic nitrogens is 2. The minimum atomic E-state index is -0.400. The molecule has 3 rings (SSSR count). The van der Waals surface area contributed by atoms with Crippen LogP contribution < -0.4 is 0 Å². The molecule has 6 heteroatoms. The van der Waals surface area contributed by atoms with Crippen LogP contribution in [-0.4, -0.2) is 21.3 Å². The molecule has 1 saturated heterocycles.